The van der Waals surface area contributed by atoms with E-state index < -0.39 is 30.2 Å². The van der Waals surface area contributed by atoms with E-state index in [-0.39, 0.29) is 41.4 Å². The lowest BCUT2D eigenvalue weighted by Gasteiger charge is -2.17. The van der Waals surface area contributed by atoms with Crippen LogP contribution in [0.25, 0.3) is 0 Å². The van der Waals surface area contributed by atoms with Crippen molar-refractivity contribution in [2.45, 2.75) is 38.1 Å². The molecule has 0 bridgehead atoms. The van der Waals surface area contributed by atoms with Crippen molar-refractivity contribution in [2.75, 3.05) is 13.3 Å². The number of phenols is 2. The number of fused-ring (bicyclic) bond motifs is 2. The van der Waals surface area contributed by atoms with Crippen LogP contribution in [-0.2, 0) is 20.7 Å². The smallest absolute Gasteiger partial charge is 0.342 e. The Labute approximate surface area is 172 Å². The molecular formula is C20H21ClFNO6. The number of cyclic esters (lactones) is 1. The van der Waals surface area contributed by atoms with Crippen molar-refractivity contribution < 1.29 is 33.7 Å². The molecule has 2 aliphatic heterocycles. The molecule has 0 aliphatic carbocycles. The number of ether oxygens (including phenoxy) is 2. The molecule has 0 aromatic heterocycles. The van der Waals surface area contributed by atoms with Gasteiger partial charge in [-0.05, 0) is 18.6 Å². The van der Waals surface area contributed by atoms with Crippen LogP contribution in [0.5, 0.6) is 11.5 Å². The highest BCUT2D eigenvalue weighted by Crippen LogP contribution is 2.38. The zero-order chi connectivity index (χ0) is 21.0. The zero-order valence-electron chi connectivity index (χ0n) is 15.7. The summed E-state index contributed by atoms with van der Waals surface area (Å²) in [5, 5.41) is 24.0. The molecule has 1 aromatic carbocycles. The molecule has 1 saturated heterocycles. The minimum absolute atomic E-state index is 0.0668. The number of hydrogen-bond donors (Lipinski definition) is 2. The van der Waals surface area contributed by atoms with Crippen molar-refractivity contribution in [1.82, 2.24) is 0 Å². The molecule has 29 heavy (non-hydrogen) atoms. The number of hydrogen-bond acceptors (Lipinski definition) is 7. The van der Waals surface area contributed by atoms with Crippen molar-refractivity contribution in [3.8, 4) is 11.5 Å². The summed E-state index contributed by atoms with van der Waals surface area (Å²) in [5.41, 5.74) is 0.240. The third-order valence-corrected chi connectivity index (χ3v) is 4.85. The number of oxime groups is 1. The highest BCUT2D eigenvalue weighted by molar-refractivity contribution is 6.33. The summed E-state index contributed by atoms with van der Waals surface area (Å²) in [4.78, 5) is 17.7. The van der Waals surface area contributed by atoms with Crippen LogP contribution in [0.1, 0.15) is 29.3 Å². The molecular weight excluding hydrogens is 404 g/mol. The number of allylic oxidation sites excluding steroid dienone is 3. The number of phenolic OH excluding ortho intramolecular Hbond substituents is 2. The van der Waals surface area contributed by atoms with Gasteiger partial charge in [-0.15, -0.1) is 0 Å². The van der Waals surface area contributed by atoms with Crippen molar-refractivity contribution in [1.29, 1.82) is 0 Å². The summed E-state index contributed by atoms with van der Waals surface area (Å²) in [6.45, 7) is 0.767. The van der Waals surface area contributed by atoms with Gasteiger partial charge >= 0.3 is 5.97 Å². The largest absolute Gasteiger partial charge is 0.507 e. The molecule has 3 rings (SSSR count). The van der Waals surface area contributed by atoms with Gasteiger partial charge in [0.1, 0.15) is 42.6 Å². The third-order valence-electron chi connectivity index (χ3n) is 4.43. The summed E-state index contributed by atoms with van der Waals surface area (Å²) in [7, 11) is 0. The quantitative estimate of drug-likeness (QED) is 0.333. The molecule has 2 aliphatic rings. The van der Waals surface area contributed by atoms with Crippen LogP contribution in [0.15, 0.2) is 35.5 Å². The normalized spacial score (nSPS) is 27.9. The highest BCUT2D eigenvalue weighted by Gasteiger charge is 2.38. The van der Waals surface area contributed by atoms with Gasteiger partial charge < -0.3 is 24.5 Å². The second-order valence-corrected chi connectivity index (χ2v) is 7.08. The monoisotopic (exact) mass is 424 g/mol. The Kier molecular flexibility index (Phi) is 6.76. The summed E-state index contributed by atoms with van der Waals surface area (Å²) in [6, 6.07) is 0.977. The van der Waals surface area contributed by atoms with Crippen LogP contribution in [0.4, 0.5) is 4.39 Å². The molecule has 1 aromatic rings. The van der Waals surface area contributed by atoms with Gasteiger partial charge in [0.05, 0.1) is 16.8 Å². The van der Waals surface area contributed by atoms with E-state index in [1.165, 1.54) is 0 Å². The lowest BCUT2D eigenvalue weighted by atomic mass is 9.99. The number of nitrogens with zero attached hydrogens (tertiary/aromatic N) is 1. The van der Waals surface area contributed by atoms with Gasteiger partial charge in [-0.1, -0.05) is 35.0 Å². The second kappa shape index (κ2) is 9.28. The van der Waals surface area contributed by atoms with Crippen LogP contribution in [0.2, 0.25) is 5.02 Å². The fraction of sp³-hybridized carbons (Fsp3) is 0.400. The van der Waals surface area contributed by atoms with Gasteiger partial charge in [0, 0.05) is 18.9 Å². The summed E-state index contributed by atoms with van der Waals surface area (Å²) < 4.78 is 23.3. The number of halogens is 2. The Morgan fingerprint density at radius 2 is 2.14 bits per heavy atom. The Balaban J connectivity index is 2.03. The van der Waals surface area contributed by atoms with E-state index in [1.807, 2.05) is 6.08 Å². The molecule has 2 heterocycles. The van der Waals surface area contributed by atoms with E-state index in [0.29, 0.717) is 12.1 Å². The number of benzene rings is 1. The van der Waals surface area contributed by atoms with E-state index in [9.17, 15) is 19.4 Å². The van der Waals surface area contributed by atoms with Gasteiger partial charge in [-0.2, -0.15) is 0 Å². The lowest BCUT2D eigenvalue weighted by molar-refractivity contribution is 0.0306. The molecule has 0 unspecified atom stereocenters. The summed E-state index contributed by atoms with van der Waals surface area (Å²) >= 11 is 6.21. The predicted octanol–water partition coefficient (Wildman–Crippen LogP) is 3.46. The fourth-order valence-corrected chi connectivity index (χ4v) is 3.23. The van der Waals surface area contributed by atoms with Crippen molar-refractivity contribution in [3.05, 3.63) is 46.5 Å². The standard InChI is InChI=1S/C20H21ClFNO6/c1-11-8-17-16(29-17)5-3-2-4-12(23-27-7-6-22)9-13-18(20(26)28-11)14(24)10-15(25)19(13)21/h2-5,10-11,16-17,24-25H,6-9H2,1H3/b4-2+,5-3-,23-12+/t11-,16-,17-/m1/s1/i22-1. The average molecular weight is 425 g/mol. The fourth-order valence-electron chi connectivity index (χ4n) is 3.02. The van der Waals surface area contributed by atoms with Crippen LogP contribution < -0.4 is 0 Å². The maximum absolute atomic E-state index is 12.7. The average Bonchev–Trinajstić information content (AvgIpc) is 3.39. The maximum atomic E-state index is 12.7. The predicted molar refractivity (Wildman–Crippen MR) is 104 cm³/mol. The first-order chi connectivity index (χ1) is 13.9. The van der Waals surface area contributed by atoms with Crippen LogP contribution in [-0.4, -0.2) is 53.5 Å². The first-order valence-electron chi connectivity index (χ1n) is 9.10. The zero-order valence-corrected chi connectivity index (χ0v) is 16.4. The van der Waals surface area contributed by atoms with E-state index in [2.05, 4.69) is 5.16 Å². The summed E-state index contributed by atoms with van der Waals surface area (Å²) in [5.74, 6) is -1.66. The van der Waals surface area contributed by atoms with E-state index in [4.69, 9.17) is 25.9 Å². The van der Waals surface area contributed by atoms with Gasteiger partial charge in [0.15, 0.2) is 0 Å². The Morgan fingerprint density at radius 1 is 1.34 bits per heavy atom. The maximum Gasteiger partial charge on any atom is 0.342 e. The first-order valence-corrected chi connectivity index (χ1v) is 9.48. The first kappa shape index (κ1) is 21.1. The van der Waals surface area contributed by atoms with E-state index >= 15 is 0 Å². The molecule has 0 amide bonds. The van der Waals surface area contributed by atoms with Crippen molar-refractivity contribution in [3.63, 3.8) is 0 Å². The SMILES string of the molecule is C[C@@H]1C[C@H]2O[C@@H]2\C=C/C=C/C(=N\OCC[18F])Cc2c(Cl)c(O)cc(O)c2C(=O)O1. The molecule has 156 valence electrons. The number of aromatic hydroxyl groups is 2. The number of esters is 1. The molecule has 0 spiro atoms. The molecule has 1 fully saturated rings. The number of carbonyl (C=O) groups excluding carboxylic acids is 1. The Hall–Kier alpha value is -2.58. The molecule has 2 N–H and O–H groups in total. The number of epoxide rings is 1. The molecule has 9 heteroatoms. The second-order valence-electron chi connectivity index (χ2n) is 6.70. The van der Waals surface area contributed by atoms with Crippen molar-refractivity contribution in [2.24, 2.45) is 5.16 Å². The van der Waals surface area contributed by atoms with Crippen LogP contribution >= 0.6 is 11.6 Å². The van der Waals surface area contributed by atoms with Gasteiger partial charge in [-0.3, -0.25) is 0 Å². The minimum atomic E-state index is -0.787. The lowest BCUT2D eigenvalue weighted by Crippen LogP contribution is -2.20. The number of rotatable bonds is 3. The van der Waals surface area contributed by atoms with Gasteiger partial charge in [-0.25, -0.2) is 9.18 Å². The topological polar surface area (TPSA) is 101 Å². The number of carbonyl (C=O) groups is 1. The van der Waals surface area contributed by atoms with Crippen molar-refractivity contribution >= 4 is 23.3 Å². The Morgan fingerprint density at radius 3 is 2.90 bits per heavy atom. The van der Waals surface area contributed by atoms with Gasteiger partial charge in [0.2, 0.25) is 0 Å². The van der Waals surface area contributed by atoms with E-state index in [0.717, 1.165) is 6.07 Å². The Bertz CT molecular complexity index is 869. The highest BCUT2D eigenvalue weighted by atomic mass is 35.5. The third kappa shape index (κ3) is 5.27. The molecule has 7 nitrogen and oxygen atoms in total. The molecule has 0 saturated carbocycles. The summed E-state index contributed by atoms with van der Waals surface area (Å²) in [6.07, 6.45) is 6.75. The number of alkyl halides is 1. The van der Waals surface area contributed by atoms with Gasteiger partial charge in [0.25, 0.3) is 0 Å². The minimum Gasteiger partial charge on any atom is -0.507 e. The molecule has 3 atom stereocenters. The van der Waals surface area contributed by atoms with Crippen LogP contribution in [0.3, 0.4) is 0 Å². The molecule has 0 radical (unpaired) electrons. The van der Waals surface area contributed by atoms with E-state index in [1.54, 1.807) is 25.2 Å². The van der Waals surface area contributed by atoms with Crippen LogP contribution in [0, 0.1) is 0 Å².